The molecule has 1 N–H and O–H groups in total. The fraction of sp³-hybridized carbons (Fsp3) is 0.421. The average molecular weight is 517 g/mol. The number of aliphatic imine (C=N–C) groups is 1. The number of guanidine groups is 1. The van der Waals surface area contributed by atoms with E-state index < -0.39 is 0 Å². The van der Waals surface area contributed by atoms with E-state index >= 15 is 0 Å². The highest BCUT2D eigenvalue weighted by atomic mass is 127. The SMILES string of the molecule is CCNC(=NCc1ccc(Cl)cc1OC)N1CCN(c2ncccn2)CC1.I. The van der Waals surface area contributed by atoms with E-state index in [9.17, 15) is 0 Å². The molecule has 0 radical (unpaired) electrons. The van der Waals surface area contributed by atoms with Crippen molar-refractivity contribution in [3.05, 3.63) is 47.2 Å². The molecule has 0 aliphatic carbocycles. The van der Waals surface area contributed by atoms with E-state index in [1.807, 2.05) is 24.3 Å². The lowest BCUT2D eigenvalue weighted by Gasteiger charge is -2.36. The van der Waals surface area contributed by atoms with Crippen LogP contribution in [-0.2, 0) is 6.54 Å². The first-order chi connectivity index (χ1) is 13.2. The highest BCUT2D eigenvalue weighted by Crippen LogP contribution is 2.23. The number of nitrogens with zero attached hydrogens (tertiary/aromatic N) is 5. The molecule has 2 heterocycles. The van der Waals surface area contributed by atoms with E-state index in [0.717, 1.165) is 55.9 Å². The lowest BCUT2D eigenvalue weighted by molar-refractivity contribution is 0.369. The smallest absolute Gasteiger partial charge is 0.225 e. The highest BCUT2D eigenvalue weighted by Gasteiger charge is 2.21. The van der Waals surface area contributed by atoms with Gasteiger partial charge in [0.1, 0.15) is 5.75 Å². The van der Waals surface area contributed by atoms with Crippen LogP contribution in [0.25, 0.3) is 0 Å². The van der Waals surface area contributed by atoms with Crippen molar-refractivity contribution >= 4 is 47.5 Å². The number of hydrogen-bond donors (Lipinski definition) is 1. The Morgan fingerprint density at radius 3 is 2.57 bits per heavy atom. The first-order valence-electron chi connectivity index (χ1n) is 9.09. The summed E-state index contributed by atoms with van der Waals surface area (Å²) >= 11 is 6.04. The van der Waals surface area contributed by atoms with Crippen LogP contribution in [0.1, 0.15) is 12.5 Å². The molecular weight excluding hydrogens is 491 g/mol. The molecule has 1 aliphatic rings. The van der Waals surface area contributed by atoms with E-state index in [0.29, 0.717) is 11.6 Å². The lowest BCUT2D eigenvalue weighted by Crippen LogP contribution is -2.52. The highest BCUT2D eigenvalue weighted by molar-refractivity contribution is 14.0. The second-order valence-corrected chi connectivity index (χ2v) is 6.59. The van der Waals surface area contributed by atoms with Gasteiger partial charge in [-0.3, -0.25) is 0 Å². The molecule has 0 saturated carbocycles. The Hall–Kier alpha value is -1.81. The van der Waals surface area contributed by atoms with Crippen molar-refractivity contribution in [3.8, 4) is 5.75 Å². The number of ether oxygens (including phenoxy) is 1. The van der Waals surface area contributed by atoms with Crippen LogP contribution < -0.4 is 15.0 Å². The van der Waals surface area contributed by atoms with Gasteiger partial charge in [0.25, 0.3) is 0 Å². The van der Waals surface area contributed by atoms with Crippen molar-refractivity contribution in [1.82, 2.24) is 20.2 Å². The largest absolute Gasteiger partial charge is 0.496 e. The van der Waals surface area contributed by atoms with E-state index in [1.54, 1.807) is 19.5 Å². The minimum atomic E-state index is 0. The zero-order chi connectivity index (χ0) is 19.1. The van der Waals surface area contributed by atoms with Gasteiger partial charge in [0.05, 0.1) is 13.7 Å². The minimum Gasteiger partial charge on any atom is -0.496 e. The van der Waals surface area contributed by atoms with E-state index in [2.05, 4.69) is 32.0 Å². The quantitative estimate of drug-likeness (QED) is 0.374. The van der Waals surface area contributed by atoms with Gasteiger partial charge in [-0.2, -0.15) is 0 Å². The van der Waals surface area contributed by atoms with Crippen molar-refractivity contribution in [2.24, 2.45) is 4.99 Å². The molecule has 3 rings (SSSR count). The van der Waals surface area contributed by atoms with E-state index in [-0.39, 0.29) is 24.0 Å². The Labute approximate surface area is 188 Å². The molecule has 0 bridgehead atoms. The fourth-order valence-corrected chi connectivity index (χ4v) is 3.17. The molecule has 152 valence electrons. The van der Waals surface area contributed by atoms with Crippen molar-refractivity contribution in [2.75, 3.05) is 44.7 Å². The summed E-state index contributed by atoms with van der Waals surface area (Å²) in [6, 6.07) is 7.47. The number of benzene rings is 1. The van der Waals surface area contributed by atoms with Gasteiger partial charge in [-0.05, 0) is 25.1 Å². The molecule has 0 atom stereocenters. The number of rotatable bonds is 5. The normalized spacial score (nSPS) is 14.5. The summed E-state index contributed by atoms with van der Waals surface area (Å²) in [6.07, 6.45) is 3.56. The Morgan fingerprint density at radius 2 is 1.93 bits per heavy atom. The van der Waals surface area contributed by atoms with Crippen molar-refractivity contribution in [2.45, 2.75) is 13.5 Å². The maximum Gasteiger partial charge on any atom is 0.225 e. The summed E-state index contributed by atoms with van der Waals surface area (Å²) < 4.78 is 5.42. The molecule has 1 fully saturated rings. The molecule has 1 saturated heterocycles. The maximum absolute atomic E-state index is 6.04. The third-order valence-corrected chi connectivity index (χ3v) is 4.63. The standard InChI is InChI=1S/C19H25ClN6O.HI/c1-3-21-18(24-14-15-5-6-16(20)13-17(15)27-2)25-9-11-26(12-10-25)19-22-7-4-8-23-19;/h4-8,13H,3,9-12,14H2,1-2H3,(H,21,24);1H. The molecule has 2 aromatic rings. The Balaban J connectivity index is 0.00000280. The van der Waals surface area contributed by atoms with Crippen LogP contribution in [0.4, 0.5) is 5.95 Å². The first kappa shape index (κ1) is 22.5. The lowest BCUT2D eigenvalue weighted by atomic mass is 10.2. The zero-order valence-corrected chi connectivity index (χ0v) is 19.2. The Morgan fingerprint density at radius 1 is 1.21 bits per heavy atom. The van der Waals surface area contributed by atoms with Crippen molar-refractivity contribution < 1.29 is 4.74 Å². The van der Waals surface area contributed by atoms with E-state index in [1.165, 1.54) is 0 Å². The van der Waals surface area contributed by atoms with Gasteiger partial charge in [0.2, 0.25) is 5.95 Å². The number of halogens is 2. The topological polar surface area (TPSA) is 65.9 Å². The summed E-state index contributed by atoms with van der Waals surface area (Å²) in [4.78, 5) is 17.9. The van der Waals surface area contributed by atoms with Crippen molar-refractivity contribution in [3.63, 3.8) is 0 Å². The second-order valence-electron chi connectivity index (χ2n) is 6.15. The van der Waals surface area contributed by atoms with Crippen LogP contribution in [-0.4, -0.2) is 60.7 Å². The van der Waals surface area contributed by atoms with Gasteiger partial charge in [-0.1, -0.05) is 17.7 Å². The van der Waals surface area contributed by atoms with Gasteiger partial charge in [0.15, 0.2) is 5.96 Å². The van der Waals surface area contributed by atoms with Gasteiger partial charge >= 0.3 is 0 Å². The molecule has 7 nitrogen and oxygen atoms in total. The van der Waals surface area contributed by atoms with Crippen LogP contribution in [0, 0.1) is 0 Å². The number of piperazine rings is 1. The molecule has 0 unspecified atom stereocenters. The Bertz CT molecular complexity index is 768. The summed E-state index contributed by atoms with van der Waals surface area (Å²) in [5.74, 6) is 2.45. The number of aromatic nitrogens is 2. The fourth-order valence-electron chi connectivity index (χ4n) is 3.01. The molecule has 0 spiro atoms. The van der Waals surface area contributed by atoms with Gasteiger partial charge in [-0.25, -0.2) is 15.0 Å². The third-order valence-electron chi connectivity index (χ3n) is 4.40. The molecule has 9 heteroatoms. The minimum absolute atomic E-state index is 0. The summed E-state index contributed by atoms with van der Waals surface area (Å²) in [5.41, 5.74) is 1.01. The molecule has 0 amide bonds. The first-order valence-corrected chi connectivity index (χ1v) is 9.46. The van der Waals surface area contributed by atoms with Crippen LogP contribution in [0.3, 0.4) is 0 Å². The van der Waals surface area contributed by atoms with E-state index in [4.69, 9.17) is 21.3 Å². The van der Waals surface area contributed by atoms with Crippen molar-refractivity contribution in [1.29, 1.82) is 0 Å². The van der Waals surface area contributed by atoms with Crippen LogP contribution in [0.15, 0.2) is 41.7 Å². The van der Waals surface area contributed by atoms with Crippen LogP contribution in [0.5, 0.6) is 5.75 Å². The number of methoxy groups -OCH3 is 1. The number of anilines is 1. The molecule has 28 heavy (non-hydrogen) atoms. The summed E-state index contributed by atoms with van der Waals surface area (Å²) in [5, 5.41) is 4.04. The van der Waals surface area contributed by atoms with Gasteiger partial charge in [-0.15, -0.1) is 24.0 Å². The molecule has 1 aromatic carbocycles. The molecule has 1 aromatic heterocycles. The molecular formula is C19H26ClIN6O. The average Bonchev–Trinajstić information content (AvgIpc) is 2.72. The maximum atomic E-state index is 6.04. The number of hydrogen-bond acceptors (Lipinski definition) is 5. The predicted molar refractivity (Wildman–Crippen MR) is 124 cm³/mol. The molecule has 1 aliphatic heterocycles. The Kier molecular flexibility index (Phi) is 9.04. The van der Waals surface area contributed by atoms with Crippen LogP contribution in [0.2, 0.25) is 5.02 Å². The number of nitrogens with one attached hydrogen (secondary N) is 1. The predicted octanol–water partition coefficient (Wildman–Crippen LogP) is 3.04. The summed E-state index contributed by atoms with van der Waals surface area (Å²) in [7, 11) is 1.65. The second kappa shape index (κ2) is 11.3. The van der Waals surface area contributed by atoms with Gasteiger partial charge < -0.3 is 19.9 Å². The zero-order valence-electron chi connectivity index (χ0n) is 16.1. The van der Waals surface area contributed by atoms with Crippen LogP contribution >= 0.6 is 35.6 Å². The third kappa shape index (κ3) is 5.84. The summed E-state index contributed by atoms with van der Waals surface area (Å²) in [6.45, 7) is 6.87. The monoisotopic (exact) mass is 516 g/mol. The van der Waals surface area contributed by atoms with Gasteiger partial charge in [0, 0.05) is 55.7 Å².